The maximum atomic E-state index is 10.3. The molecular weight excluding hydrogens is 298 g/mol. The molecule has 3 heteroatoms. The Balaban J connectivity index is 2.18. The van der Waals surface area contributed by atoms with Gasteiger partial charge in [-0.25, -0.2) is 0 Å². The molecule has 0 saturated carbocycles. The van der Waals surface area contributed by atoms with E-state index in [0.29, 0.717) is 12.1 Å². The lowest BCUT2D eigenvalue weighted by Crippen LogP contribution is -1.96. The van der Waals surface area contributed by atoms with Gasteiger partial charge in [-0.2, -0.15) is 0 Å². The molecule has 0 atom stereocenters. The number of nitrogens with zero attached hydrogens (tertiary/aromatic N) is 1. The van der Waals surface area contributed by atoms with Gasteiger partial charge in [0.2, 0.25) is 0 Å². The van der Waals surface area contributed by atoms with Crippen LogP contribution in [-0.4, -0.2) is 14.8 Å². The van der Waals surface area contributed by atoms with Crippen LogP contribution in [0.1, 0.15) is 0 Å². The Hall–Kier alpha value is -3.20. The fraction of sp³-hybridized carbons (Fsp3) is 0.0476. The van der Waals surface area contributed by atoms with Crippen molar-refractivity contribution >= 4 is 21.8 Å². The second-order valence-electron chi connectivity index (χ2n) is 5.79. The molecule has 0 saturated heterocycles. The number of benzene rings is 3. The number of aromatic nitrogens is 1. The number of para-hydroxylation sites is 3. The fourth-order valence-corrected chi connectivity index (χ4v) is 3.39. The third-order valence-electron chi connectivity index (χ3n) is 4.41. The van der Waals surface area contributed by atoms with E-state index < -0.39 is 0 Å². The van der Waals surface area contributed by atoms with Crippen molar-refractivity contribution in [1.82, 2.24) is 4.57 Å². The van der Waals surface area contributed by atoms with Crippen LogP contribution in [0, 0.1) is 0 Å². The van der Waals surface area contributed by atoms with E-state index in [4.69, 9.17) is 0 Å². The van der Waals surface area contributed by atoms with Crippen molar-refractivity contribution in [2.75, 3.05) is 0 Å². The van der Waals surface area contributed by atoms with E-state index in [2.05, 4.69) is 29.3 Å². The molecule has 3 aromatic carbocycles. The molecule has 0 aliphatic carbocycles. The van der Waals surface area contributed by atoms with Crippen molar-refractivity contribution in [2.24, 2.45) is 0 Å². The first-order valence-electron chi connectivity index (χ1n) is 7.84. The molecule has 0 amide bonds. The monoisotopic (exact) mass is 315 g/mol. The molecule has 118 valence electrons. The van der Waals surface area contributed by atoms with Crippen LogP contribution in [0.5, 0.6) is 11.5 Å². The molecular formula is C21H17NO2. The predicted octanol–water partition coefficient (Wildman–Crippen LogP) is 5.06. The first-order chi connectivity index (χ1) is 11.7. The third kappa shape index (κ3) is 1.98. The standard InChI is InChI=1S/C21H17NO2/c1-2-13-22-18-11-4-3-7-14(18)15-8-5-9-16(20(15)22)17-10-6-12-19(23)21(17)24/h2-12,23-24H,1,13H2. The normalized spacial score (nSPS) is 11.2. The number of phenols is 2. The van der Waals surface area contributed by atoms with E-state index in [9.17, 15) is 10.2 Å². The van der Waals surface area contributed by atoms with Crippen LogP contribution >= 0.6 is 0 Å². The van der Waals surface area contributed by atoms with Crippen molar-refractivity contribution < 1.29 is 10.2 Å². The van der Waals surface area contributed by atoms with Crippen LogP contribution in [0.4, 0.5) is 0 Å². The average Bonchev–Trinajstić information content (AvgIpc) is 2.93. The van der Waals surface area contributed by atoms with Crippen LogP contribution in [0.25, 0.3) is 32.9 Å². The highest BCUT2D eigenvalue weighted by molar-refractivity contribution is 6.13. The summed E-state index contributed by atoms with van der Waals surface area (Å²) in [5.74, 6) is -0.212. The highest BCUT2D eigenvalue weighted by Gasteiger charge is 2.16. The van der Waals surface area contributed by atoms with E-state index in [0.717, 1.165) is 27.4 Å². The minimum absolute atomic E-state index is 0.0968. The van der Waals surface area contributed by atoms with E-state index in [1.807, 2.05) is 36.4 Å². The van der Waals surface area contributed by atoms with Gasteiger partial charge in [0.1, 0.15) is 0 Å². The molecule has 4 aromatic rings. The first-order valence-corrected chi connectivity index (χ1v) is 7.84. The maximum Gasteiger partial charge on any atom is 0.165 e. The molecule has 0 spiro atoms. The summed E-state index contributed by atoms with van der Waals surface area (Å²) in [5.41, 5.74) is 3.66. The lowest BCUT2D eigenvalue weighted by Gasteiger charge is -2.11. The van der Waals surface area contributed by atoms with Gasteiger partial charge in [-0.3, -0.25) is 0 Å². The SMILES string of the molecule is C=CCn1c2ccccc2c2cccc(-c3cccc(O)c3O)c21. The zero-order valence-electron chi connectivity index (χ0n) is 13.1. The summed E-state index contributed by atoms with van der Waals surface area (Å²) in [6, 6.07) is 19.3. The van der Waals surface area contributed by atoms with Gasteiger partial charge < -0.3 is 14.8 Å². The van der Waals surface area contributed by atoms with Crippen LogP contribution < -0.4 is 0 Å². The number of phenolic OH excluding ortho intramolecular Hbond substituents is 2. The minimum atomic E-state index is -0.115. The number of aromatic hydroxyl groups is 2. The quantitative estimate of drug-likeness (QED) is 0.410. The van der Waals surface area contributed by atoms with Gasteiger partial charge in [-0.05, 0) is 12.1 Å². The molecule has 2 N–H and O–H groups in total. The topological polar surface area (TPSA) is 45.4 Å². The van der Waals surface area contributed by atoms with Gasteiger partial charge in [0.05, 0.1) is 5.52 Å². The zero-order valence-corrected chi connectivity index (χ0v) is 13.1. The Morgan fingerprint density at radius 2 is 1.54 bits per heavy atom. The molecule has 0 aliphatic rings. The van der Waals surface area contributed by atoms with Gasteiger partial charge in [-0.15, -0.1) is 6.58 Å². The smallest absolute Gasteiger partial charge is 0.165 e. The molecule has 4 rings (SSSR count). The first kappa shape index (κ1) is 14.4. The zero-order chi connectivity index (χ0) is 16.7. The molecule has 1 heterocycles. The molecule has 0 unspecified atom stereocenters. The van der Waals surface area contributed by atoms with Gasteiger partial charge in [-0.1, -0.05) is 54.6 Å². The lowest BCUT2D eigenvalue weighted by atomic mass is 10.0. The van der Waals surface area contributed by atoms with E-state index in [-0.39, 0.29) is 11.5 Å². The molecule has 0 radical (unpaired) electrons. The summed E-state index contributed by atoms with van der Waals surface area (Å²) >= 11 is 0. The summed E-state index contributed by atoms with van der Waals surface area (Å²) in [6.45, 7) is 4.54. The fourth-order valence-electron chi connectivity index (χ4n) is 3.39. The predicted molar refractivity (Wildman–Crippen MR) is 98.4 cm³/mol. The van der Waals surface area contributed by atoms with Crippen LogP contribution in [0.3, 0.4) is 0 Å². The van der Waals surface area contributed by atoms with Crippen molar-refractivity contribution in [1.29, 1.82) is 0 Å². The second-order valence-corrected chi connectivity index (χ2v) is 5.79. The average molecular weight is 315 g/mol. The Morgan fingerprint density at radius 1 is 0.833 bits per heavy atom. The highest BCUT2D eigenvalue weighted by Crippen LogP contribution is 2.41. The minimum Gasteiger partial charge on any atom is -0.504 e. The van der Waals surface area contributed by atoms with Crippen LogP contribution in [-0.2, 0) is 6.54 Å². The van der Waals surface area contributed by atoms with Crippen molar-refractivity contribution in [2.45, 2.75) is 6.54 Å². The van der Waals surface area contributed by atoms with E-state index in [1.54, 1.807) is 6.07 Å². The maximum absolute atomic E-state index is 10.3. The lowest BCUT2D eigenvalue weighted by molar-refractivity contribution is 0.405. The number of hydrogen-bond acceptors (Lipinski definition) is 2. The van der Waals surface area contributed by atoms with Crippen molar-refractivity contribution in [3.05, 3.63) is 73.3 Å². The number of fused-ring (bicyclic) bond motifs is 3. The van der Waals surface area contributed by atoms with Gasteiger partial charge in [0, 0.05) is 34.0 Å². The van der Waals surface area contributed by atoms with E-state index >= 15 is 0 Å². The summed E-state index contributed by atoms with van der Waals surface area (Å²) in [5, 5.41) is 22.5. The van der Waals surface area contributed by atoms with Gasteiger partial charge >= 0.3 is 0 Å². The number of allylic oxidation sites excluding steroid dienone is 1. The second kappa shape index (κ2) is 5.46. The third-order valence-corrected chi connectivity index (χ3v) is 4.41. The molecule has 0 bridgehead atoms. The molecule has 24 heavy (non-hydrogen) atoms. The number of hydrogen-bond donors (Lipinski definition) is 2. The van der Waals surface area contributed by atoms with Crippen molar-refractivity contribution in [3.8, 4) is 22.6 Å². The molecule has 3 nitrogen and oxygen atoms in total. The number of rotatable bonds is 3. The summed E-state index contributed by atoms with van der Waals surface area (Å²) in [7, 11) is 0. The Labute approximate surface area is 139 Å². The van der Waals surface area contributed by atoms with Crippen LogP contribution in [0.2, 0.25) is 0 Å². The van der Waals surface area contributed by atoms with Crippen LogP contribution in [0.15, 0.2) is 73.3 Å². The highest BCUT2D eigenvalue weighted by atomic mass is 16.3. The van der Waals surface area contributed by atoms with Crippen molar-refractivity contribution in [3.63, 3.8) is 0 Å². The molecule has 0 aliphatic heterocycles. The Kier molecular flexibility index (Phi) is 3.28. The Morgan fingerprint density at radius 3 is 2.38 bits per heavy atom. The van der Waals surface area contributed by atoms with E-state index in [1.165, 1.54) is 6.07 Å². The Bertz CT molecular complexity index is 1080. The summed E-state index contributed by atoms with van der Waals surface area (Å²) in [4.78, 5) is 0. The van der Waals surface area contributed by atoms with Gasteiger partial charge in [0.25, 0.3) is 0 Å². The van der Waals surface area contributed by atoms with Gasteiger partial charge in [0.15, 0.2) is 11.5 Å². The summed E-state index contributed by atoms with van der Waals surface area (Å²) < 4.78 is 2.19. The molecule has 1 aromatic heterocycles. The molecule has 0 fully saturated rings. The largest absolute Gasteiger partial charge is 0.504 e. The summed E-state index contributed by atoms with van der Waals surface area (Å²) in [6.07, 6.45) is 1.87.